The standard InChI is InChI=1S/C20H17N7O3S/c21-31(29,30)17-8-2-14(3-9-17)20(28)24-16-6-4-15(5-7-16)23-18-10-11-19(26-25-18)27-13-1-12-22-27/h1-13H,(H,23,25)(H,24,28)(H2,21,29,30). The molecule has 0 atom stereocenters. The average molecular weight is 435 g/mol. The zero-order chi connectivity index (χ0) is 21.8. The molecule has 0 saturated heterocycles. The van der Waals surface area contributed by atoms with Crippen molar-refractivity contribution in [1.29, 1.82) is 0 Å². The second-order valence-electron chi connectivity index (χ2n) is 6.45. The molecule has 10 nitrogen and oxygen atoms in total. The van der Waals surface area contributed by atoms with Gasteiger partial charge in [0.15, 0.2) is 11.6 Å². The fourth-order valence-corrected chi connectivity index (χ4v) is 3.22. The van der Waals surface area contributed by atoms with E-state index in [1.54, 1.807) is 59.5 Å². The molecule has 0 unspecified atom stereocenters. The van der Waals surface area contributed by atoms with Gasteiger partial charge in [-0.1, -0.05) is 0 Å². The van der Waals surface area contributed by atoms with E-state index in [9.17, 15) is 13.2 Å². The topological polar surface area (TPSA) is 145 Å². The number of amides is 1. The van der Waals surface area contributed by atoms with Crippen molar-refractivity contribution >= 4 is 33.1 Å². The predicted octanol–water partition coefficient (Wildman–Crippen LogP) is 2.31. The number of nitrogens with one attached hydrogen (secondary N) is 2. The lowest BCUT2D eigenvalue weighted by Crippen LogP contribution is -2.14. The van der Waals surface area contributed by atoms with Crippen LogP contribution in [0.1, 0.15) is 10.4 Å². The highest BCUT2D eigenvalue weighted by atomic mass is 32.2. The van der Waals surface area contributed by atoms with Gasteiger partial charge in [-0.3, -0.25) is 4.79 Å². The van der Waals surface area contributed by atoms with E-state index in [1.165, 1.54) is 24.3 Å². The number of benzene rings is 2. The number of carbonyl (C=O) groups excluding carboxylic acids is 1. The second kappa shape index (κ2) is 8.34. The van der Waals surface area contributed by atoms with E-state index in [-0.39, 0.29) is 10.8 Å². The summed E-state index contributed by atoms with van der Waals surface area (Å²) in [6, 6.07) is 17.8. The minimum atomic E-state index is -3.80. The third kappa shape index (κ3) is 4.91. The molecule has 4 aromatic rings. The van der Waals surface area contributed by atoms with E-state index in [0.717, 1.165) is 5.69 Å². The number of hydrogen-bond donors (Lipinski definition) is 3. The first-order valence-electron chi connectivity index (χ1n) is 9.03. The van der Waals surface area contributed by atoms with Crippen LogP contribution in [0.25, 0.3) is 5.82 Å². The maximum absolute atomic E-state index is 12.3. The van der Waals surface area contributed by atoms with Gasteiger partial charge in [-0.15, -0.1) is 10.2 Å². The Morgan fingerprint density at radius 2 is 1.61 bits per heavy atom. The highest BCUT2D eigenvalue weighted by molar-refractivity contribution is 7.89. The molecule has 1 amide bonds. The minimum Gasteiger partial charge on any atom is -0.339 e. The van der Waals surface area contributed by atoms with Gasteiger partial charge in [0.25, 0.3) is 5.91 Å². The van der Waals surface area contributed by atoms with Gasteiger partial charge in [0, 0.05) is 29.3 Å². The Hall–Kier alpha value is -4.09. The molecule has 31 heavy (non-hydrogen) atoms. The molecule has 0 bridgehead atoms. The fourth-order valence-electron chi connectivity index (χ4n) is 2.70. The second-order valence-corrected chi connectivity index (χ2v) is 8.01. The van der Waals surface area contributed by atoms with Crippen molar-refractivity contribution in [3.05, 3.63) is 84.7 Å². The van der Waals surface area contributed by atoms with Gasteiger partial charge in [0.1, 0.15) is 0 Å². The molecule has 4 rings (SSSR count). The first kappa shape index (κ1) is 20.2. The van der Waals surface area contributed by atoms with Crippen LogP contribution in [0.5, 0.6) is 0 Å². The molecule has 0 radical (unpaired) electrons. The molecule has 0 fully saturated rings. The van der Waals surface area contributed by atoms with Crippen LogP contribution in [0.3, 0.4) is 0 Å². The van der Waals surface area contributed by atoms with Crippen LogP contribution in [0.4, 0.5) is 17.2 Å². The van der Waals surface area contributed by atoms with Crippen molar-refractivity contribution in [2.45, 2.75) is 4.90 Å². The molecular formula is C20H17N7O3S. The fraction of sp³-hybridized carbons (Fsp3) is 0. The normalized spacial score (nSPS) is 11.1. The summed E-state index contributed by atoms with van der Waals surface area (Å²) >= 11 is 0. The van der Waals surface area contributed by atoms with E-state index < -0.39 is 10.0 Å². The monoisotopic (exact) mass is 435 g/mol. The van der Waals surface area contributed by atoms with Crippen LogP contribution in [0, 0.1) is 0 Å². The van der Waals surface area contributed by atoms with E-state index in [1.807, 2.05) is 0 Å². The van der Waals surface area contributed by atoms with Crippen LogP contribution >= 0.6 is 0 Å². The highest BCUT2D eigenvalue weighted by Crippen LogP contribution is 2.19. The number of nitrogens with two attached hydrogens (primary N) is 1. The first-order valence-corrected chi connectivity index (χ1v) is 10.6. The highest BCUT2D eigenvalue weighted by Gasteiger charge is 2.10. The van der Waals surface area contributed by atoms with Crippen LogP contribution in [0.2, 0.25) is 0 Å². The van der Waals surface area contributed by atoms with Crippen molar-refractivity contribution in [2.24, 2.45) is 5.14 Å². The van der Waals surface area contributed by atoms with Crippen molar-refractivity contribution in [3.8, 4) is 5.82 Å². The maximum atomic E-state index is 12.3. The van der Waals surface area contributed by atoms with Crippen molar-refractivity contribution in [3.63, 3.8) is 0 Å². The van der Waals surface area contributed by atoms with Gasteiger partial charge in [0.05, 0.1) is 4.90 Å². The van der Waals surface area contributed by atoms with Crippen LogP contribution < -0.4 is 15.8 Å². The van der Waals surface area contributed by atoms with Gasteiger partial charge in [-0.05, 0) is 66.7 Å². The number of carbonyl (C=O) groups is 1. The number of aromatic nitrogens is 4. The quantitative estimate of drug-likeness (QED) is 0.421. The summed E-state index contributed by atoms with van der Waals surface area (Å²) < 4.78 is 24.2. The van der Waals surface area contributed by atoms with Gasteiger partial charge in [-0.25, -0.2) is 18.2 Å². The lowest BCUT2D eigenvalue weighted by molar-refractivity contribution is 0.102. The largest absolute Gasteiger partial charge is 0.339 e. The summed E-state index contributed by atoms with van der Waals surface area (Å²) in [5, 5.41) is 23.3. The van der Waals surface area contributed by atoms with Crippen molar-refractivity contribution < 1.29 is 13.2 Å². The first-order chi connectivity index (χ1) is 14.9. The van der Waals surface area contributed by atoms with Crippen LogP contribution in [0.15, 0.2) is 84.0 Å². The smallest absolute Gasteiger partial charge is 0.255 e. The average Bonchev–Trinajstić information content (AvgIpc) is 3.30. The number of primary sulfonamides is 1. The molecule has 156 valence electrons. The predicted molar refractivity (Wildman–Crippen MR) is 115 cm³/mol. The zero-order valence-electron chi connectivity index (χ0n) is 16.0. The summed E-state index contributed by atoms with van der Waals surface area (Å²) in [5.41, 5.74) is 1.64. The molecule has 0 aliphatic carbocycles. The lowest BCUT2D eigenvalue weighted by atomic mass is 10.2. The number of rotatable bonds is 6. The summed E-state index contributed by atoms with van der Waals surface area (Å²) in [6.45, 7) is 0. The zero-order valence-corrected chi connectivity index (χ0v) is 16.8. The Balaban J connectivity index is 1.38. The van der Waals surface area contributed by atoms with Gasteiger partial charge in [0.2, 0.25) is 10.0 Å². The number of sulfonamides is 1. The molecule has 2 aromatic carbocycles. The van der Waals surface area contributed by atoms with Crippen LogP contribution in [-0.4, -0.2) is 34.3 Å². The lowest BCUT2D eigenvalue weighted by Gasteiger charge is -2.09. The third-order valence-electron chi connectivity index (χ3n) is 4.25. The molecule has 11 heteroatoms. The van der Waals surface area contributed by atoms with Crippen LogP contribution in [-0.2, 0) is 10.0 Å². The molecule has 0 spiro atoms. The summed E-state index contributed by atoms with van der Waals surface area (Å²) in [5.74, 6) is 0.787. The summed E-state index contributed by atoms with van der Waals surface area (Å²) in [6.07, 6.45) is 3.44. The molecular weight excluding hydrogens is 418 g/mol. The van der Waals surface area contributed by atoms with Gasteiger partial charge >= 0.3 is 0 Å². The van der Waals surface area contributed by atoms with E-state index in [4.69, 9.17) is 5.14 Å². The minimum absolute atomic E-state index is 0.0553. The Kier molecular flexibility index (Phi) is 5.43. The molecule has 4 N–H and O–H groups in total. The summed E-state index contributed by atoms with van der Waals surface area (Å²) in [4.78, 5) is 12.3. The SMILES string of the molecule is NS(=O)(=O)c1ccc(C(=O)Nc2ccc(Nc3ccc(-n4cccn4)nn3)cc2)cc1. The van der Waals surface area contributed by atoms with E-state index in [0.29, 0.717) is 22.9 Å². The molecule has 2 heterocycles. The molecule has 0 saturated carbocycles. The Morgan fingerprint density at radius 3 is 2.19 bits per heavy atom. The van der Waals surface area contributed by atoms with E-state index >= 15 is 0 Å². The Bertz CT molecular complexity index is 1290. The van der Waals surface area contributed by atoms with E-state index in [2.05, 4.69) is 25.9 Å². The van der Waals surface area contributed by atoms with Gasteiger partial charge in [-0.2, -0.15) is 5.10 Å². The Morgan fingerprint density at radius 1 is 0.903 bits per heavy atom. The van der Waals surface area contributed by atoms with Gasteiger partial charge < -0.3 is 10.6 Å². The Labute approximate surface area is 177 Å². The molecule has 0 aliphatic rings. The third-order valence-corrected chi connectivity index (χ3v) is 5.18. The summed E-state index contributed by atoms with van der Waals surface area (Å²) in [7, 11) is -3.80. The molecule has 2 aromatic heterocycles. The van der Waals surface area contributed by atoms with Crippen molar-refractivity contribution in [2.75, 3.05) is 10.6 Å². The molecule has 0 aliphatic heterocycles. The van der Waals surface area contributed by atoms with Crippen molar-refractivity contribution in [1.82, 2.24) is 20.0 Å². The number of anilines is 3. The number of nitrogens with zero attached hydrogens (tertiary/aromatic N) is 4. The number of hydrogen-bond acceptors (Lipinski definition) is 7. The maximum Gasteiger partial charge on any atom is 0.255 e.